The van der Waals surface area contributed by atoms with Gasteiger partial charge in [-0.15, -0.1) is 23.2 Å². The van der Waals surface area contributed by atoms with Gasteiger partial charge in [0.05, 0.1) is 31.9 Å². The fraction of sp³-hybridized carbons (Fsp3) is 0.250. The molecule has 2 bridgehead atoms. The van der Waals surface area contributed by atoms with Crippen LogP contribution >= 0.6 is 104 Å². The van der Waals surface area contributed by atoms with Crippen molar-refractivity contribution >= 4 is 128 Å². The van der Waals surface area contributed by atoms with Crippen LogP contribution in [0, 0.1) is 11.8 Å². The van der Waals surface area contributed by atoms with Gasteiger partial charge in [0, 0.05) is 16.1 Å². The molecule has 2 aromatic carbocycles. The highest BCUT2D eigenvalue weighted by Crippen LogP contribution is 2.77. The number of allylic oxidation sites excluding steroid dienone is 2. The van der Waals surface area contributed by atoms with Crippen LogP contribution in [0.1, 0.15) is 20.7 Å². The number of imide groups is 1. The summed E-state index contributed by atoms with van der Waals surface area (Å²) in [6.45, 7) is -0.746. The van der Waals surface area contributed by atoms with Crippen LogP contribution in [0.25, 0.3) is 0 Å². The van der Waals surface area contributed by atoms with E-state index in [-0.39, 0.29) is 31.2 Å². The number of nitrogens with zero attached hydrogens (tertiary/aromatic N) is 2. The highest BCUT2D eigenvalue weighted by atomic mass is 35.5. The standard InChI is InChI=1S/C24H11Cl9N2O4/c25-11-4-1-9(2-5-11)14(36)8-34(19(37)10-3-6-12(26)13(27)7-10)35-20(38)15-16(21(35)39)23(31)18(29)17(28)22(15,30)24(23,32)33/h1-7,15-16H,8H2/t15-,16-,22+,23+/m0/s1. The van der Waals surface area contributed by atoms with E-state index in [0.717, 1.165) is 0 Å². The largest absolute Gasteiger partial charge is 0.292 e. The number of amides is 3. The number of rotatable bonds is 5. The zero-order chi connectivity index (χ0) is 28.8. The topological polar surface area (TPSA) is 74.8 Å². The minimum absolute atomic E-state index is 0.0248. The summed E-state index contributed by atoms with van der Waals surface area (Å²) in [6.07, 6.45) is 0. The van der Waals surface area contributed by atoms with Crippen molar-refractivity contribution < 1.29 is 19.2 Å². The molecule has 5 rings (SSSR count). The van der Waals surface area contributed by atoms with E-state index in [1.54, 1.807) is 0 Å². The molecule has 1 saturated carbocycles. The van der Waals surface area contributed by atoms with Crippen molar-refractivity contribution in [1.82, 2.24) is 10.0 Å². The molecule has 2 aromatic rings. The van der Waals surface area contributed by atoms with Crippen LogP contribution in [-0.4, -0.2) is 54.1 Å². The predicted octanol–water partition coefficient (Wildman–Crippen LogP) is 7.33. The molecular formula is C24H11Cl9N2O4. The maximum atomic E-state index is 13.9. The second-order valence-corrected chi connectivity index (χ2v) is 13.5. The van der Waals surface area contributed by atoms with Gasteiger partial charge in [0.25, 0.3) is 17.7 Å². The van der Waals surface area contributed by atoms with E-state index >= 15 is 0 Å². The van der Waals surface area contributed by atoms with E-state index in [0.29, 0.717) is 15.0 Å². The third kappa shape index (κ3) is 3.90. The van der Waals surface area contributed by atoms with Crippen LogP contribution in [0.3, 0.4) is 0 Å². The lowest BCUT2D eigenvalue weighted by Crippen LogP contribution is -2.56. The number of fused-ring (bicyclic) bond motifs is 5. The van der Waals surface area contributed by atoms with Crippen LogP contribution < -0.4 is 0 Å². The number of hydrogen-bond donors (Lipinski definition) is 0. The first-order valence-corrected chi connectivity index (χ1v) is 14.3. The lowest BCUT2D eigenvalue weighted by atomic mass is 9.84. The predicted molar refractivity (Wildman–Crippen MR) is 152 cm³/mol. The first kappa shape index (κ1) is 29.6. The fourth-order valence-electron chi connectivity index (χ4n) is 5.09. The molecule has 2 aliphatic carbocycles. The van der Waals surface area contributed by atoms with Gasteiger partial charge in [0.1, 0.15) is 16.3 Å². The molecule has 15 heteroatoms. The molecule has 204 valence electrons. The SMILES string of the molecule is O=C(CN(C(=O)c1ccc(Cl)c(Cl)c1)N1C(=O)[C@@H]2[C@@H](C1=O)[C@@]1(Cl)C(Cl)=C(Cl)[C@@]2(Cl)C1(Cl)Cl)c1ccc(Cl)cc1. The number of ketones is 1. The Kier molecular flexibility index (Phi) is 7.45. The summed E-state index contributed by atoms with van der Waals surface area (Å²) < 4.78 is -2.16. The molecule has 3 aliphatic rings. The quantitative estimate of drug-likeness (QED) is 0.185. The summed E-state index contributed by atoms with van der Waals surface area (Å²) in [5, 5.41) is 1.13. The Morgan fingerprint density at radius 2 is 1.23 bits per heavy atom. The van der Waals surface area contributed by atoms with Crippen LogP contribution in [0.15, 0.2) is 52.5 Å². The smallest absolute Gasteiger partial charge is 0.273 e. The molecule has 3 amide bonds. The number of Topliss-reactive ketones (excluding diaryl/α,β-unsaturated/α-hetero) is 1. The van der Waals surface area contributed by atoms with Gasteiger partial charge in [-0.3, -0.25) is 19.2 Å². The molecule has 2 fully saturated rings. The fourth-order valence-corrected chi connectivity index (χ4v) is 8.45. The zero-order valence-corrected chi connectivity index (χ0v) is 25.6. The highest BCUT2D eigenvalue weighted by Gasteiger charge is 2.88. The van der Waals surface area contributed by atoms with Gasteiger partial charge in [-0.2, -0.15) is 5.01 Å². The van der Waals surface area contributed by atoms with Gasteiger partial charge in [0.15, 0.2) is 10.1 Å². The van der Waals surface area contributed by atoms with Crippen molar-refractivity contribution in [3.8, 4) is 0 Å². The monoisotopic (exact) mass is 706 g/mol. The Hall–Kier alpha value is -0.930. The molecule has 6 nitrogen and oxygen atoms in total. The summed E-state index contributed by atoms with van der Waals surface area (Å²) in [6, 6.07) is 9.68. The van der Waals surface area contributed by atoms with Crippen molar-refractivity contribution in [3.63, 3.8) is 0 Å². The Morgan fingerprint density at radius 3 is 1.72 bits per heavy atom. The van der Waals surface area contributed by atoms with Crippen molar-refractivity contribution in [2.45, 2.75) is 14.1 Å². The number of alkyl halides is 4. The van der Waals surface area contributed by atoms with Crippen molar-refractivity contribution in [2.75, 3.05) is 6.54 Å². The molecule has 1 saturated heterocycles. The van der Waals surface area contributed by atoms with Gasteiger partial charge >= 0.3 is 0 Å². The summed E-state index contributed by atoms with van der Waals surface area (Å²) in [7, 11) is 0. The average Bonchev–Trinajstić information content (AvgIpc) is 3.27. The van der Waals surface area contributed by atoms with Crippen LogP contribution in [0.5, 0.6) is 0 Å². The molecule has 0 aromatic heterocycles. The lowest BCUT2D eigenvalue weighted by molar-refractivity contribution is -0.154. The Labute approximate surface area is 266 Å². The van der Waals surface area contributed by atoms with E-state index in [4.69, 9.17) is 104 Å². The Bertz CT molecular complexity index is 1470. The lowest BCUT2D eigenvalue weighted by Gasteiger charge is -2.36. The van der Waals surface area contributed by atoms with Crippen molar-refractivity contribution in [3.05, 3.63) is 78.7 Å². The first-order valence-electron chi connectivity index (χ1n) is 10.9. The van der Waals surface area contributed by atoms with E-state index in [1.807, 2.05) is 0 Å². The summed E-state index contributed by atoms with van der Waals surface area (Å²) in [5.41, 5.74) is 0.0787. The zero-order valence-electron chi connectivity index (χ0n) is 18.8. The van der Waals surface area contributed by atoms with E-state index in [2.05, 4.69) is 0 Å². The van der Waals surface area contributed by atoms with E-state index < -0.39 is 56.0 Å². The molecule has 0 spiro atoms. The van der Waals surface area contributed by atoms with E-state index in [9.17, 15) is 19.2 Å². The number of halogens is 9. The second-order valence-electron chi connectivity index (χ2n) is 8.99. The summed E-state index contributed by atoms with van der Waals surface area (Å²) >= 11 is 57.3. The van der Waals surface area contributed by atoms with Crippen LogP contribution in [0.2, 0.25) is 15.1 Å². The second kappa shape index (κ2) is 9.82. The number of hydrazine groups is 1. The molecular weight excluding hydrogens is 699 g/mol. The average molecular weight is 710 g/mol. The molecule has 0 radical (unpaired) electrons. The van der Waals surface area contributed by atoms with Crippen LogP contribution in [0.4, 0.5) is 0 Å². The molecule has 4 atom stereocenters. The van der Waals surface area contributed by atoms with Crippen LogP contribution in [-0.2, 0) is 9.59 Å². The normalized spacial score (nSPS) is 28.8. The molecule has 0 unspecified atom stereocenters. The Balaban J connectivity index is 1.60. The number of carbonyl (C=O) groups is 4. The van der Waals surface area contributed by atoms with Crippen molar-refractivity contribution in [1.29, 1.82) is 0 Å². The highest BCUT2D eigenvalue weighted by molar-refractivity contribution is 6.66. The van der Waals surface area contributed by atoms with Gasteiger partial charge in [-0.1, -0.05) is 81.2 Å². The van der Waals surface area contributed by atoms with Gasteiger partial charge in [0.2, 0.25) is 0 Å². The maximum Gasteiger partial charge on any atom is 0.273 e. The molecule has 1 heterocycles. The summed E-state index contributed by atoms with van der Waals surface area (Å²) in [5.74, 6) is -6.58. The molecule has 39 heavy (non-hydrogen) atoms. The van der Waals surface area contributed by atoms with Gasteiger partial charge < -0.3 is 0 Å². The third-order valence-corrected chi connectivity index (χ3v) is 12.2. The maximum absolute atomic E-state index is 13.9. The molecule has 0 N–H and O–H groups in total. The van der Waals surface area contributed by atoms with E-state index in [1.165, 1.54) is 42.5 Å². The Morgan fingerprint density at radius 1 is 0.744 bits per heavy atom. The summed E-state index contributed by atoms with van der Waals surface area (Å²) in [4.78, 5) is 50.6. The third-order valence-electron chi connectivity index (χ3n) is 6.99. The molecule has 1 aliphatic heterocycles. The number of carbonyl (C=O) groups excluding carboxylic acids is 4. The van der Waals surface area contributed by atoms with Gasteiger partial charge in [-0.05, 0) is 42.5 Å². The van der Waals surface area contributed by atoms with Crippen molar-refractivity contribution in [2.24, 2.45) is 11.8 Å². The minimum atomic E-state index is -2.16. The first-order chi connectivity index (χ1) is 18.1. The number of hydrogen-bond acceptors (Lipinski definition) is 4. The van der Waals surface area contributed by atoms with Gasteiger partial charge in [-0.25, -0.2) is 5.01 Å². The minimum Gasteiger partial charge on any atom is -0.292 e. The number of benzene rings is 2.